The molecule has 1 aliphatic heterocycles. The third-order valence-corrected chi connectivity index (χ3v) is 6.23. The molecule has 2 heterocycles. The van der Waals surface area contributed by atoms with E-state index in [-0.39, 0.29) is 0 Å². The molecule has 2 aromatic rings. The summed E-state index contributed by atoms with van der Waals surface area (Å²) < 4.78 is 5.32. The van der Waals surface area contributed by atoms with Crippen LogP contribution in [-0.2, 0) is 13.0 Å². The Hall–Kier alpha value is -2.12. The van der Waals surface area contributed by atoms with Crippen LogP contribution in [0.25, 0.3) is 0 Å². The fourth-order valence-electron chi connectivity index (χ4n) is 3.62. The van der Waals surface area contributed by atoms with Gasteiger partial charge in [-0.25, -0.2) is 9.98 Å². The second-order valence-corrected chi connectivity index (χ2v) is 8.14. The molecule has 1 unspecified atom stereocenters. The molecular weight excluding hydrogens is 382 g/mol. The molecule has 0 radical (unpaired) electrons. The number of likely N-dealkylation sites (tertiary alicyclic amines) is 1. The average Bonchev–Trinajstić information content (AvgIpc) is 3.44. The van der Waals surface area contributed by atoms with E-state index in [4.69, 9.17) is 9.73 Å². The molecule has 3 rings (SSSR count). The van der Waals surface area contributed by atoms with Crippen LogP contribution in [0.15, 0.2) is 34.6 Å². The standard InChI is InChI=1S/C22H33N5OS/c1-4-21-26-18(16-29-21)14-24-22(23-5-2)25-15-20(27-12-6-7-13-27)17-8-10-19(28-3)11-9-17/h8-11,16,20H,4-7,12-15H2,1-3H3,(H2,23,24,25). The van der Waals surface area contributed by atoms with E-state index in [1.807, 2.05) is 12.1 Å². The minimum atomic E-state index is 0.318. The summed E-state index contributed by atoms with van der Waals surface area (Å²) >= 11 is 1.71. The maximum Gasteiger partial charge on any atom is 0.191 e. The van der Waals surface area contributed by atoms with Crippen LogP contribution in [0.5, 0.6) is 5.75 Å². The molecule has 7 heteroatoms. The third kappa shape index (κ3) is 6.18. The summed E-state index contributed by atoms with van der Waals surface area (Å²) in [6, 6.07) is 8.76. The van der Waals surface area contributed by atoms with Crippen molar-refractivity contribution in [2.45, 2.75) is 45.7 Å². The van der Waals surface area contributed by atoms with Crippen LogP contribution in [0.1, 0.15) is 49.0 Å². The lowest BCUT2D eigenvalue weighted by atomic mass is 10.1. The topological polar surface area (TPSA) is 61.8 Å². The minimum absolute atomic E-state index is 0.318. The molecule has 1 saturated heterocycles. The second-order valence-electron chi connectivity index (χ2n) is 7.19. The van der Waals surface area contributed by atoms with Gasteiger partial charge in [0.05, 0.1) is 30.4 Å². The minimum Gasteiger partial charge on any atom is -0.497 e. The van der Waals surface area contributed by atoms with Gasteiger partial charge in [0.25, 0.3) is 0 Å². The van der Waals surface area contributed by atoms with Gasteiger partial charge in [-0.2, -0.15) is 0 Å². The average molecular weight is 416 g/mol. The first-order valence-electron chi connectivity index (χ1n) is 10.6. The normalized spacial score (nSPS) is 16.0. The Morgan fingerprint density at radius 3 is 2.59 bits per heavy atom. The lowest BCUT2D eigenvalue weighted by Crippen LogP contribution is -2.42. The number of thiazole rings is 1. The van der Waals surface area contributed by atoms with Gasteiger partial charge in [0.2, 0.25) is 0 Å². The maximum atomic E-state index is 5.32. The molecular formula is C22H33N5OS. The quantitative estimate of drug-likeness (QED) is 0.484. The number of aliphatic imine (C=N–C) groups is 1. The predicted molar refractivity (Wildman–Crippen MR) is 121 cm³/mol. The Balaban J connectivity index is 1.68. The second kappa shape index (κ2) is 11.2. The Morgan fingerprint density at radius 2 is 1.97 bits per heavy atom. The van der Waals surface area contributed by atoms with Crippen molar-refractivity contribution in [3.63, 3.8) is 0 Å². The van der Waals surface area contributed by atoms with Crippen LogP contribution in [-0.4, -0.2) is 49.1 Å². The van der Waals surface area contributed by atoms with E-state index >= 15 is 0 Å². The van der Waals surface area contributed by atoms with Gasteiger partial charge >= 0.3 is 0 Å². The first kappa shape index (κ1) is 21.6. The van der Waals surface area contributed by atoms with Gasteiger partial charge < -0.3 is 15.4 Å². The van der Waals surface area contributed by atoms with Gasteiger partial charge in [0.1, 0.15) is 5.75 Å². The van der Waals surface area contributed by atoms with Gasteiger partial charge in [-0.3, -0.25) is 4.90 Å². The van der Waals surface area contributed by atoms with Crippen LogP contribution in [0.3, 0.4) is 0 Å². The highest BCUT2D eigenvalue weighted by molar-refractivity contribution is 7.09. The molecule has 0 spiro atoms. The molecule has 0 saturated carbocycles. The lowest BCUT2D eigenvalue weighted by molar-refractivity contribution is 0.245. The van der Waals surface area contributed by atoms with Gasteiger partial charge in [0, 0.05) is 18.5 Å². The number of guanidine groups is 1. The van der Waals surface area contributed by atoms with Crippen molar-refractivity contribution in [2.75, 3.05) is 33.3 Å². The monoisotopic (exact) mass is 415 g/mol. The van der Waals surface area contributed by atoms with Crippen LogP contribution >= 0.6 is 11.3 Å². The number of nitrogens with one attached hydrogen (secondary N) is 2. The van der Waals surface area contributed by atoms with Gasteiger partial charge in [0.15, 0.2) is 5.96 Å². The number of methoxy groups -OCH3 is 1. The third-order valence-electron chi connectivity index (χ3n) is 5.19. The highest BCUT2D eigenvalue weighted by Gasteiger charge is 2.23. The smallest absolute Gasteiger partial charge is 0.191 e. The fourth-order valence-corrected chi connectivity index (χ4v) is 4.35. The number of hydrogen-bond donors (Lipinski definition) is 2. The van der Waals surface area contributed by atoms with Gasteiger partial charge in [-0.1, -0.05) is 19.1 Å². The molecule has 1 aliphatic rings. The summed E-state index contributed by atoms with van der Waals surface area (Å²) in [5.74, 6) is 1.74. The van der Waals surface area contributed by atoms with E-state index in [0.717, 1.165) is 50.0 Å². The van der Waals surface area contributed by atoms with Crippen molar-refractivity contribution in [1.82, 2.24) is 20.5 Å². The van der Waals surface area contributed by atoms with Crippen molar-refractivity contribution in [2.24, 2.45) is 4.99 Å². The SMILES string of the molecule is CCNC(=NCc1csc(CC)n1)NCC(c1ccc(OC)cc1)N1CCCC1. The summed E-state index contributed by atoms with van der Waals surface area (Å²) in [4.78, 5) is 11.9. The summed E-state index contributed by atoms with van der Waals surface area (Å²) in [6.45, 7) is 8.76. The summed E-state index contributed by atoms with van der Waals surface area (Å²) in [5.41, 5.74) is 2.35. The van der Waals surface area contributed by atoms with E-state index < -0.39 is 0 Å². The Bertz CT molecular complexity index is 768. The molecule has 0 aliphatic carbocycles. The van der Waals surface area contributed by atoms with Crippen molar-refractivity contribution in [1.29, 1.82) is 0 Å². The van der Waals surface area contributed by atoms with Gasteiger partial charge in [-0.15, -0.1) is 11.3 Å². The maximum absolute atomic E-state index is 5.32. The Labute approximate surface area is 178 Å². The predicted octanol–water partition coefficient (Wildman–Crippen LogP) is 3.61. The first-order chi connectivity index (χ1) is 14.2. The summed E-state index contributed by atoms with van der Waals surface area (Å²) in [7, 11) is 1.71. The number of benzene rings is 1. The van der Waals surface area contributed by atoms with Crippen molar-refractivity contribution < 1.29 is 4.74 Å². The highest BCUT2D eigenvalue weighted by atomic mass is 32.1. The molecule has 2 N–H and O–H groups in total. The van der Waals surface area contributed by atoms with E-state index in [2.05, 4.69) is 51.9 Å². The number of aromatic nitrogens is 1. The number of rotatable bonds is 9. The van der Waals surface area contributed by atoms with Crippen LogP contribution in [0, 0.1) is 0 Å². The highest BCUT2D eigenvalue weighted by Crippen LogP contribution is 2.26. The first-order valence-corrected chi connectivity index (χ1v) is 11.4. The fraction of sp³-hybridized carbons (Fsp3) is 0.545. The molecule has 158 valence electrons. The zero-order valence-electron chi connectivity index (χ0n) is 17.8. The van der Waals surface area contributed by atoms with Crippen molar-refractivity contribution in [3.05, 3.63) is 45.9 Å². The molecule has 1 aromatic carbocycles. The molecule has 6 nitrogen and oxygen atoms in total. The summed E-state index contributed by atoms with van der Waals surface area (Å²) in [5, 5.41) is 10.2. The number of ether oxygens (including phenoxy) is 1. The Kier molecular flexibility index (Phi) is 8.31. The molecule has 1 atom stereocenters. The van der Waals surface area contributed by atoms with Crippen LogP contribution < -0.4 is 15.4 Å². The van der Waals surface area contributed by atoms with Crippen molar-refractivity contribution in [3.8, 4) is 5.75 Å². The van der Waals surface area contributed by atoms with E-state index in [9.17, 15) is 0 Å². The van der Waals surface area contributed by atoms with Crippen molar-refractivity contribution >= 4 is 17.3 Å². The molecule has 29 heavy (non-hydrogen) atoms. The van der Waals surface area contributed by atoms with E-state index in [1.54, 1.807) is 18.4 Å². The molecule has 0 bridgehead atoms. The van der Waals surface area contributed by atoms with Crippen LogP contribution in [0.4, 0.5) is 0 Å². The lowest BCUT2D eigenvalue weighted by Gasteiger charge is -2.29. The number of hydrogen-bond acceptors (Lipinski definition) is 5. The van der Waals surface area contributed by atoms with E-state index in [1.165, 1.54) is 23.4 Å². The molecule has 1 aromatic heterocycles. The zero-order valence-corrected chi connectivity index (χ0v) is 18.6. The zero-order chi connectivity index (χ0) is 20.5. The molecule has 0 amide bonds. The number of nitrogens with zero attached hydrogens (tertiary/aromatic N) is 3. The van der Waals surface area contributed by atoms with Crippen LogP contribution in [0.2, 0.25) is 0 Å². The summed E-state index contributed by atoms with van der Waals surface area (Å²) in [6.07, 6.45) is 3.51. The molecule has 1 fully saturated rings. The van der Waals surface area contributed by atoms with Gasteiger partial charge in [-0.05, 0) is 57.0 Å². The Morgan fingerprint density at radius 1 is 1.21 bits per heavy atom. The largest absolute Gasteiger partial charge is 0.497 e. The van der Waals surface area contributed by atoms with E-state index in [0.29, 0.717) is 12.6 Å². The number of aryl methyl sites for hydroxylation is 1.